The Morgan fingerprint density at radius 2 is 1.25 bits per heavy atom. The fourth-order valence-corrected chi connectivity index (χ4v) is 1.91. The molecule has 0 amide bonds. The van der Waals surface area contributed by atoms with Crippen LogP contribution in [0, 0.1) is 0 Å². The van der Waals surface area contributed by atoms with Gasteiger partial charge in [0.2, 0.25) is 0 Å². The van der Waals surface area contributed by atoms with Gasteiger partial charge in [0.1, 0.15) is 5.78 Å². The molecule has 16 heavy (non-hydrogen) atoms. The highest BCUT2D eigenvalue weighted by Gasteiger charge is 1.94. The van der Waals surface area contributed by atoms with E-state index >= 15 is 0 Å². The predicted molar refractivity (Wildman–Crippen MR) is 70.8 cm³/mol. The first-order valence-electron chi connectivity index (χ1n) is 6.91. The molecule has 0 aromatic rings. The van der Waals surface area contributed by atoms with Crippen LogP contribution in [0.5, 0.6) is 0 Å². The number of unbranched alkanes of at least 4 members (excludes halogenated alkanes) is 8. The zero-order valence-corrected chi connectivity index (χ0v) is 11.2. The van der Waals surface area contributed by atoms with Crippen LogP contribution in [0.25, 0.3) is 0 Å². The van der Waals surface area contributed by atoms with Gasteiger partial charge in [-0.3, -0.25) is 0 Å². The van der Waals surface area contributed by atoms with Gasteiger partial charge in [0.15, 0.2) is 0 Å². The van der Waals surface area contributed by atoms with Crippen molar-refractivity contribution in [3.8, 4) is 0 Å². The molecule has 2 nitrogen and oxygen atoms in total. The van der Waals surface area contributed by atoms with E-state index in [2.05, 4.69) is 5.32 Å². The molecule has 0 fully saturated rings. The highest BCUT2D eigenvalue weighted by molar-refractivity contribution is 5.75. The SMILES string of the molecule is CNCCCCCCCCCCCC(C)=O. The number of carbonyl (C=O) groups is 1. The second kappa shape index (κ2) is 12.7. The number of ketones is 1. The van der Waals surface area contributed by atoms with E-state index in [0.29, 0.717) is 5.78 Å². The van der Waals surface area contributed by atoms with E-state index in [4.69, 9.17) is 0 Å². The third-order valence-corrected chi connectivity index (χ3v) is 2.96. The van der Waals surface area contributed by atoms with E-state index in [1.165, 1.54) is 51.4 Å². The minimum absolute atomic E-state index is 0.338. The average Bonchev–Trinajstić information content (AvgIpc) is 2.25. The Bertz CT molecular complexity index is 157. The lowest BCUT2D eigenvalue weighted by atomic mass is 10.1. The molecule has 0 atom stereocenters. The molecular formula is C14H29NO. The Morgan fingerprint density at radius 1 is 0.812 bits per heavy atom. The third-order valence-electron chi connectivity index (χ3n) is 2.96. The third kappa shape index (κ3) is 13.6. The molecule has 0 aliphatic carbocycles. The van der Waals surface area contributed by atoms with Gasteiger partial charge in [-0.15, -0.1) is 0 Å². The zero-order valence-electron chi connectivity index (χ0n) is 11.2. The normalized spacial score (nSPS) is 10.6. The van der Waals surface area contributed by atoms with E-state index in [-0.39, 0.29) is 0 Å². The summed E-state index contributed by atoms with van der Waals surface area (Å²) in [7, 11) is 2.01. The van der Waals surface area contributed by atoms with Gasteiger partial charge in [-0.2, -0.15) is 0 Å². The molecule has 0 unspecified atom stereocenters. The molecule has 0 heterocycles. The molecular weight excluding hydrogens is 198 g/mol. The van der Waals surface area contributed by atoms with Gasteiger partial charge in [0.25, 0.3) is 0 Å². The highest BCUT2D eigenvalue weighted by atomic mass is 16.1. The largest absolute Gasteiger partial charge is 0.320 e. The topological polar surface area (TPSA) is 29.1 Å². The van der Waals surface area contributed by atoms with Crippen LogP contribution in [0.15, 0.2) is 0 Å². The van der Waals surface area contributed by atoms with Crippen molar-refractivity contribution in [2.75, 3.05) is 13.6 Å². The Labute approximate surface area is 101 Å². The molecule has 0 aliphatic rings. The van der Waals surface area contributed by atoms with Crippen LogP contribution in [-0.4, -0.2) is 19.4 Å². The Balaban J connectivity index is 2.90. The van der Waals surface area contributed by atoms with E-state index in [1.807, 2.05) is 7.05 Å². The standard InChI is InChI=1S/C14H29NO/c1-14(16)12-10-8-6-4-3-5-7-9-11-13-15-2/h15H,3-13H2,1-2H3. The van der Waals surface area contributed by atoms with E-state index in [1.54, 1.807) is 6.92 Å². The zero-order chi connectivity index (χ0) is 12.1. The molecule has 0 saturated carbocycles. The van der Waals surface area contributed by atoms with Gasteiger partial charge >= 0.3 is 0 Å². The molecule has 2 heteroatoms. The second-order valence-corrected chi connectivity index (χ2v) is 4.74. The summed E-state index contributed by atoms with van der Waals surface area (Å²) in [5.74, 6) is 0.338. The summed E-state index contributed by atoms with van der Waals surface area (Å²) in [5.41, 5.74) is 0. The predicted octanol–water partition coefficient (Wildman–Crippen LogP) is 3.70. The lowest BCUT2D eigenvalue weighted by Gasteiger charge is -2.02. The lowest BCUT2D eigenvalue weighted by molar-refractivity contribution is -0.117. The fraction of sp³-hybridized carbons (Fsp3) is 0.929. The minimum atomic E-state index is 0.338. The Kier molecular flexibility index (Phi) is 12.4. The summed E-state index contributed by atoms with van der Waals surface area (Å²) in [6.07, 6.45) is 12.6. The van der Waals surface area contributed by atoms with Crippen molar-refractivity contribution in [1.82, 2.24) is 5.32 Å². The molecule has 0 aromatic heterocycles. The van der Waals surface area contributed by atoms with Crippen molar-refractivity contribution in [2.24, 2.45) is 0 Å². The fourth-order valence-electron chi connectivity index (χ4n) is 1.91. The minimum Gasteiger partial charge on any atom is -0.320 e. The first-order chi connectivity index (χ1) is 7.77. The van der Waals surface area contributed by atoms with Gasteiger partial charge < -0.3 is 10.1 Å². The van der Waals surface area contributed by atoms with E-state index in [9.17, 15) is 4.79 Å². The average molecular weight is 227 g/mol. The quantitative estimate of drug-likeness (QED) is 0.515. The number of rotatable bonds is 12. The molecule has 0 saturated heterocycles. The molecule has 0 rings (SSSR count). The maximum absolute atomic E-state index is 10.7. The first-order valence-corrected chi connectivity index (χ1v) is 6.91. The van der Waals surface area contributed by atoms with Crippen molar-refractivity contribution >= 4 is 5.78 Å². The monoisotopic (exact) mass is 227 g/mol. The molecule has 0 aliphatic heterocycles. The maximum atomic E-state index is 10.7. The second-order valence-electron chi connectivity index (χ2n) is 4.74. The summed E-state index contributed by atoms with van der Waals surface area (Å²) in [6.45, 7) is 2.84. The Morgan fingerprint density at radius 3 is 1.69 bits per heavy atom. The summed E-state index contributed by atoms with van der Waals surface area (Å²) in [5, 5.41) is 3.17. The maximum Gasteiger partial charge on any atom is 0.129 e. The molecule has 1 N–H and O–H groups in total. The smallest absolute Gasteiger partial charge is 0.129 e. The number of Topliss-reactive ketones (excluding diaryl/α,β-unsaturated/α-hetero) is 1. The van der Waals surface area contributed by atoms with Crippen molar-refractivity contribution in [2.45, 2.75) is 71.1 Å². The molecule has 0 bridgehead atoms. The number of hydrogen-bond donors (Lipinski definition) is 1. The van der Waals surface area contributed by atoms with Crippen molar-refractivity contribution in [3.05, 3.63) is 0 Å². The summed E-state index contributed by atoms with van der Waals surface area (Å²) in [6, 6.07) is 0. The van der Waals surface area contributed by atoms with E-state index in [0.717, 1.165) is 19.4 Å². The van der Waals surface area contributed by atoms with Crippen LogP contribution in [-0.2, 0) is 4.79 Å². The van der Waals surface area contributed by atoms with Crippen LogP contribution >= 0.6 is 0 Å². The number of carbonyl (C=O) groups excluding carboxylic acids is 1. The summed E-state index contributed by atoms with van der Waals surface area (Å²) in [4.78, 5) is 10.7. The number of hydrogen-bond acceptors (Lipinski definition) is 2. The molecule has 0 aromatic carbocycles. The van der Waals surface area contributed by atoms with Crippen molar-refractivity contribution < 1.29 is 4.79 Å². The lowest BCUT2D eigenvalue weighted by Crippen LogP contribution is -2.06. The van der Waals surface area contributed by atoms with Crippen LogP contribution in [0.3, 0.4) is 0 Å². The molecule has 0 radical (unpaired) electrons. The highest BCUT2D eigenvalue weighted by Crippen LogP contribution is 2.10. The van der Waals surface area contributed by atoms with Gasteiger partial charge in [-0.25, -0.2) is 0 Å². The van der Waals surface area contributed by atoms with Gasteiger partial charge in [0, 0.05) is 6.42 Å². The van der Waals surface area contributed by atoms with Crippen LogP contribution < -0.4 is 5.32 Å². The van der Waals surface area contributed by atoms with Gasteiger partial charge in [0.05, 0.1) is 0 Å². The van der Waals surface area contributed by atoms with Crippen LogP contribution in [0.1, 0.15) is 71.1 Å². The first kappa shape index (κ1) is 15.6. The van der Waals surface area contributed by atoms with Crippen LogP contribution in [0.4, 0.5) is 0 Å². The van der Waals surface area contributed by atoms with Crippen molar-refractivity contribution in [1.29, 1.82) is 0 Å². The molecule has 96 valence electrons. The number of nitrogens with one attached hydrogen (secondary N) is 1. The van der Waals surface area contributed by atoms with Gasteiger partial charge in [-0.05, 0) is 33.4 Å². The summed E-state index contributed by atoms with van der Waals surface area (Å²) >= 11 is 0. The summed E-state index contributed by atoms with van der Waals surface area (Å²) < 4.78 is 0. The van der Waals surface area contributed by atoms with Crippen molar-refractivity contribution in [3.63, 3.8) is 0 Å². The Hall–Kier alpha value is -0.370. The van der Waals surface area contributed by atoms with E-state index < -0.39 is 0 Å². The van der Waals surface area contributed by atoms with Crippen LogP contribution in [0.2, 0.25) is 0 Å². The van der Waals surface area contributed by atoms with Gasteiger partial charge in [-0.1, -0.05) is 44.9 Å². The molecule has 0 spiro atoms.